The maximum Gasteiger partial charge on any atom is 0.240 e. The van der Waals surface area contributed by atoms with Gasteiger partial charge in [0.2, 0.25) is 11.8 Å². The number of rotatable bonds is 8. The van der Waals surface area contributed by atoms with Crippen molar-refractivity contribution < 1.29 is 23.7 Å². The number of fused-ring (bicyclic) bond motifs is 1. The lowest BCUT2D eigenvalue weighted by atomic mass is 10.1. The van der Waals surface area contributed by atoms with E-state index in [1.54, 1.807) is 14.2 Å². The highest BCUT2D eigenvalue weighted by Gasteiger charge is 2.26. The molecule has 1 N–H and O–H groups in total. The van der Waals surface area contributed by atoms with Gasteiger partial charge in [0.25, 0.3) is 0 Å². The Morgan fingerprint density at radius 2 is 2.03 bits per heavy atom. The molecule has 0 radical (unpaired) electrons. The Morgan fingerprint density at radius 3 is 2.72 bits per heavy atom. The minimum Gasteiger partial charge on any atom is -0.493 e. The lowest BCUT2D eigenvalue weighted by molar-refractivity contribution is -0.119. The number of benzene rings is 1. The van der Waals surface area contributed by atoms with E-state index in [-0.39, 0.29) is 17.9 Å². The first-order chi connectivity index (χ1) is 15.7. The number of carbonyl (C=O) groups is 1. The monoisotopic (exact) mass is 438 g/mol. The molecule has 1 amide bonds. The van der Waals surface area contributed by atoms with Crippen molar-refractivity contribution in [3.63, 3.8) is 0 Å². The third kappa shape index (κ3) is 3.84. The zero-order valence-electron chi connectivity index (χ0n) is 18.2. The SMILES string of the molecule is COc1ccc(-c2cc3ncn(C4COC4)c3c(OCC[C@H]3CNC(=O)C3)n2)cc1OC. The summed E-state index contributed by atoms with van der Waals surface area (Å²) < 4.78 is 24.5. The second-order valence-electron chi connectivity index (χ2n) is 8.10. The molecule has 168 valence electrons. The van der Waals surface area contributed by atoms with Crippen molar-refractivity contribution in [2.24, 2.45) is 5.92 Å². The Hall–Kier alpha value is -3.33. The number of hydrogen-bond acceptors (Lipinski definition) is 7. The summed E-state index contributed by atoms with van der Waals surface area (Å²) in [5.41, 5.74) is 3.29. The quantitative estimate of drug-likeness (QED) is 0.577. The zero-order chi connectivity index (χ0) is 22.1. The van der Waals surface area contributed by atoms with Gasteiger partial charge in [0.1, 0.15) is 5.52 Å². The van der Waals surface area contributed by atoms with Crippen LogP contribution >= 0.6 is 0 Å². The molecule has 0 aliphatic carbocycles. The van der Waals surface area contributed by atoms with Crippen LogP contribution in [0.25, 0.3) is 22.3 Å². The van der Waals surface area contributed by atoms with Crippen molar-refractivity contribution >= 4 is 16.9 Å². The molecule has 3 aromatic rings. The number of aromatic nitrogens is 3. The molecule has 0 spiro atoms. The molecule has 32 heavy (non-hydrogen) atoms. The highest BCUT2D eigenvalue weighted by molar-refractivity contribution is 5.85. The van der Waals surface area contributed by atoms with E-state index in [9.17, 15) is 4.79 Å². The van der Waals surface area contributed by atoms with Gasteiger partial charge in [0, 0.05) is 18.5 Å². The molecule has 2 aromatic heterocycles. The molecule has 0 saturated carbocycles. The van der Waals surface area contributed by atoms with E-state index in [1.165, 1.54) is 0 Å². The molecule has 2 fully saturated rings. The lowest BCUT2D eigenvalue weighted by Crippen LogP contribution is -2.30. The van der Waals surface area contributed by atoms with Gasteiger partial charge >= 0.3 is 0 Å². The molecule has 0 bridgehead atoms. The summed E-state index contributed by atoms with van der Waals surface area (Å²) in [6.45, 7) is 2.48. The third-order valence-electron chi connectivity index (χ3n) is 6.04. The summed E-state index contributed by atoms with van der Waals surface area (Å²) in [6.07, 6.45) is 3.16. The predicted octanol–water partition coefficient (Wildman–Crippen LogP) is 2.59. The van der Waals surface area contributed by atoms with E-state index < -0.39 is 0 Å². The van der Waals surface area contributed by atoms with Crippen LogP contribution in [0.5, 0.6) is 17.4 Å². The topological polar surface area (TPSA) is 96.7 Å². The highest BCUT2D eigenvalue weighted by atomic mass is 16.5. The Morgan fingerprint density at radius 1 is 1.19 bits per heavy atom. The first kappa shape index (κ1) is 20.6. The average molecular weight is 438 g/mol. The maximum atomic E-state index is 11.5. The molecule has 9 nitrogen and oxygen atoms in total. The maximum absolute atomic E-state index is 11.5. The standard InChI is InChI=1S/C23H26N4O5/c1-29-19-4-3-15(8-20(19)30-2)17-9-18-22(27(13-25-18)16-11-31-12-16)23(26-17)32-6-5-14-7-21(28)24-10-14/h3-4,8-9,13-14,16H,5-7,10-12H2,1-2H3,(H,24,28)/t14-/m1/s1. The van der Waals surface area contributed by atoms with Crippen molar-refractivity contribution in [3.05, 3.63) is 30.6 Å². The number of amides is 1. The highest BCUT2D eigenvalue weighted by Crippen LogP contribution is 2.36. The van der Waals surface area contributed by atoms with Gasteiger partial charge < -0.3 is 28.8 Å². The fourth-order valence-electron chi connectivity index (χ4n) is 4.12. The molecule has 2 aliphatic rings. The summed E-state index contributed by atoms with van der Waals surface area (Å²) >= 11 is 0. The van der Waals surface area contributed by atoms with Gasteiger partial charge in [-0.25, -0.2) is 9.97 Å². The van der Waals surface area contributed by atoms with Crippen molar-refractivity contribution in [1.82, 2.24) is 19.9 Å². The van der Waals surface area contributed by atoms with Crippen LogP contribution in [0, 0.1) is 5.92 Å². The first-order valence-electron chi connectivity index (χ1n) is 10.7. The Bertz CT molecular complexity index is 1140. The number of nitrogens with zero attached hydrogens (tertiary/aromatic N) is 3. The zero-order valence-corrected chi connectivity index (χ0v) is 18.2. The second kappa shape index (κ2) is 8.66. The Balaban J connectivity index is 1.48. The fraction of sp³-hybridized carbons (Fsp3) is 0.435. The number of nitrogens with one attached hydrogen (secondary N) is 1. The summed E-state index contributed by atoms with van der Waals surface area (Å²) in [6, 6.07) is 7.87. The van der Waals surface area contributed by atoms with Crippen LogP contribution in [0.4, 0.5) is 0 Å². The average Bonchev–Trinajstić information content (AvgIpc) is 3.38. The van der Waals surface area contributed by atoms with E-state index in [0.717, 1.165) is 28.7 Å². The Kier molecular flexibility index (Phi) is 5.57. The second-order valence-corrected chi connectivity index (χ2v) is 8.10. The Labute approximate surface area is 185 Å². The van der Waals surface area contributed by atoms with Crippen LogP contribution in [-0.2, 0) is 9.53 Å². The molecule has 9 heteroatoms. The van der Waals surface area contributed by atoms with Crippen LogP contribution in [0.1, 0.15) is 18.9 Å². The minimum atomic E-state index is 0.106. The summed E-state index contributed by atoms with van der Waals surface area (Å²) in [7, 11) is 3.22. The van der Waals surface area contributed by atoms with Crippen LogP contribution in [0.15, 0.2) is 30.6 Å². The lowest BCUT2D eigenvalue weighted by Gasteiger charge is -2.28. The summed E-state index contributed by atoms with van der Waals surface area (Å²) in [4.78, 5) is 20.9. The van der Waals surface area contributed by atoms with E-state index >= 15 is 0 Å². The number of carbonyl (C=O) groups excluding carboxylic acids is 1. The molecule has 5 rings (SSSR count). The van der Waals surface area contributed by atoms with Crippen molar-refractivity contribution in [2.45, 2.75) is 18.9 Å². The third-order valence-corrected chi connectivity index (χ3v) is 6.04. The van der Waals surface area contributed by atoms with E-state index in [2.05, 4.69) is 14.9 Å². The molecular formula is C23H26N4O5. The van der Waals surface area contributed by atoms with Gasteiger partial charge in [0.15, 0.2) is 11.5 Å². The van der Waals surface area contributed by atoms with Gasteiger partial charge in [-0.05, 0) is 36.6 Å². The van der Waals surface area contributed by atoms with Crippen molar-refractivity contribution in [2.75, 3.05) is 40.6 Å². The number of pyridine rings is 1. The summed E-state index contributed by atoms with van der Waals surface area (Å²) in [5.74, 6) is 2.22. The minimum absolute atomic E-state index is 0.106. The molecular weight excluding hydrogens is 412 g/mol. The van der Waals surface area contributed by atoms with Crippen LogP contribution in [0.2, 0.25) is 0 Å². The van der Waals surface area contributed by atoms with Crippen molar-refractivity contribution in [1.29, 1.82) is 0 Å². The van der Waals surface area contributed by atoms with E-state index in [0.29, 0.717) is 50.2 Å². The van der Waals surface area contributed by atoms with Gasteiger partial charge in [0.05, 0.1) is 57.6 Å². The number of imidazole rings is 1. The van der Waals surface area contributed by atoms with Crippen LogP contribution in [-0.4, -0.2) is 61.0 Å². The van der Waals surface area contributed by atoms with Crippen molar-refractivity contribution in [3.8, 4) is 28.6 Å². The molecule has 1 aromatic carbocycles. The van der Waals surface area contributed by atoms with E-state index in [4.69, 9.17) is 23.9 Å². The number of ether oxygens (including phenoxy) is 4. The molecule has 2 aliphatic heterocycles. The number of methoxy groups -OCH3 is 2. The normalized spacial score (nSPS) is 18.4. The smallest absolute Gasteiger partial charge is 0.240 e. The molecule has 2 saturated heterocycles. The first-order valence-corrected chi connectivity index (χ1v) is 10.7. The largest absolute Gasteiger partial charge is 0.493 e. The van der Waals surface area contributed by atoms with Gasteiger partial charge in [-0.15, -0.1) is 0 Å². The summed E-state index contributed by atoms with van der Waals surface area (Å²) in [5, 5.41) is 2.87. The molecule has 1 atom stereocenters. The number of hydrogen-bond donors (Lipinski definition) is 1. The van der Waals surface area contributed by atoms with Gasteiger partial charge in [-0.3, -0.25) is 4.79 Å². The van der Waals surface area contributed by atoms with E-state index in [1.807, 2.05) is 30.6 Å². The van der Waals surface area contributed by atoms with Gasteiger partial charge in [-0.1, -0.05) is 0 Å². The molecule has 0 unspecified atom stereocenters. The predicted molar refractivity (Wildman–Crippen MR) is 117 cm³/mol. The van der Waals surface area contributed by atoms with Crippen LogP contribution < -0.4 is 19.5 Å². The molecule has 4 heterocycles. The fourth-order valence-corrected chi connectivity index (χ4v) is 4.12. The van der Waals surface area contributed by atoms with Crippen LogP contribution in [0.3, 0.4) is 0 Å². The van der Waals surface area contributed by atoms with Gasteiger partial charge in [-0.2, -0.15) is 0 Å².